The van der Waals surface area contributed by atoms with Crippen LogP contribution in [0.4, 0.5) is 4.39 Å². The fourth-order valence-electron chi connectivity index (χ4n) is 0.928. The Kier molecular flexibility index (Phi) is 2.78. The highest BCUT2D eigenvalue weighted by molar-refractivity contribution is 5.34. The van der Waals surface area contributed by atoms with Crippen LogP contribution in [0.25, 0.3) is 0 Å². The number of hydrogen-bond acceptors (Lipinski definition) is 2. The summed E-state index contributed by atoms with van der Waals surface area (Å²) in [7, 11) is 0. The molecule has 0 saturated heterocycles. The van der Waals surface area contributed by atoms with E-state index < -0.39 is 12.7 Å². The first-order chi connectivity index (χ1) is 5.77. The fourth-order valence-corrected chi connectivity index (χ4v) is 0.928. The second kappa shape index (κ2) is 3.84. The normalized spacial score (nSPS) is 12.1. The van der Waals surface area contributed by atoms with Crippen LogP contribution >= 0.6 is 0 Å². The monoisotopic (exact) mass is 164 g/mol. The SMILES string of the molecule is N#Cc1cccc([C@@H](N)CF)c1. The van der Waals surface area contributed by atoms with Gasteiger partial charge >= 0.3 is 0 Å². The highest BCUT2D eigenvalue weighted by Gasteiger charge is 2.04. The Morgan fingerprint density at radius 2 is 2.33 bits per heavy atom. The number of nitrogens with zero attached hydrogens (tertiary/aromatic N) is 1. The van der Waals surface area contributed by atoms with Crippen molar-refractivity contribution in [1.82, 2.24) is 0 Å². The van der Waals surface area contributed by atoms with Gasteiger partial charge in [-0.15, -0.1) is 0 Å². The molecule has 0 aliphatic rings. The molecule has 0 fully saturated rings. The first kappa shape index (κ1) is 8.69. The molecule has 0 aliphatic heterocycles. The predicted octanol–water partition coefficient (Wildman–Crippen LogP) is 1.53. The molecule has 0 bridgehead atoms. The zero-order valence-corrected chi connectivity index (χ0v) is 6.50. The maximum absolute atomic E-state index is 12.1. The van der Waals surface area contributed by atoms with Gasteiger partial charge in [-0.1, -0.05) is 12.1 Å². The van der Waals surface area contributed by atoms with Crippen molar-refractivity contribution in [3.05, 3.63) is 35.4 Å². The molecule has 1 aromatic rings. The smallest absolute Gasteiger partial charge is 0.109 e. The van der Waals surface area contributed by atoms with Crippen molar-refractivity contribution in [1.29, 1.82) is 5.26 Å². The Bertz CT molecular complexity index is 304. The minimum atomic E-state index is -0.613. The van der Waals surface area contributed by atoms with Gasteiger partial charge in [0.1, 0.15) is 6.67 Å². The number of benzene rings is 1. The highest BCUT2D eigenvalue weighted by Crippen LogP contribution is 2.11. The van der Waals surface area contributed by atoms with Crippen LogP contribution in [0, 0.1) is 11.3 Å². The quantitative estimate of drug-likeness (QED) is 0.720. The number of rotatable bonds is 2. The molecule has 1 atom stereocenters. The lowest BCUT2D eigenvalue weighted by Gasteiger charge is -2.06. The van der Waals surface area contributed by atoms with Crippen molar-refractivity contribution < 1.29 is 4.39 Å². The van der Waals surface area contributed by atoms with Crippen molar-refractivity contribution in [2.45, 2.75) is 6.04 Å². The van der Waals surface area contributed by atoms with Gasteiger partial charge in [0.2, 0.25) is 0 Å². The molecule has 0 saturated carbocycles. The van der Waals surface area contributed by atoms with Crippen LogP contribution in [0.5, 0.6) is 0 Å². The van der Waals surface area contributed by atoms with Gasteiger partial charge in [0, 0.05) is 0 Å². The Morgan fingerprint density at radius 3 is 2.92 bits per heavy atom. The summed E-state index contributed by atoms with van der Waals surface area (Å²) in [6.45, 7) is -0.602. The Hall–Kier alpha value is -1.40. The van der Waals surface area contributed by atoms with Gasteiger partial charge < -0.3 is 5.73 Å². The van der Waals surface area contributed by atoms with Gasteiger partial charge in [0.25, 0.3) is 0 Å². The summed E-state index contributed by atoms with van der Waals surface area (Å²) in [5.74, 6) is 0. The molecule has 3 heteroatoms. The van der Waals surface area contributed by atoms with Crippen LogP contribution in [0.2, 0.25) is 0 Å². The van der Waals surface area contributed by atoms with Gasteiger partial charge in [-0.3, -0.25) is 0 Å². The lowest BCUT2D eigenvalue weighted by molar-refractivity contribution is 0.437. The first-order valence-electron chi connectivity index (χ1n) is 3.59. The van der Waals surface area contributed by atoms with Crippen molar-refractivity contribution in [3.63, 3.8) is 0 Å². The third kappa shape index (κ3) is 1.80. The summed E-state index contributed by atoms with van der Waals surface area (Å²) in [6.07, 6.45) is 0. The average molecular weight is 164 g/mol. The van der Waals surface area contributed by atoms with Crippen molar-refractivity contribution >= 4 is 0 Å². The summed E-state index contributed by atoms with van der Waals surface area (Å²) < 4.78 is 12.1. The molecule has 0 aromatic heterocycles. The molecular formula is C9H9FN2. The lowest BCUT2D eigenvalue weighted by Crippen LogP contribution is -2.11. The minimum absolute atomic E-state index is 0.511. The van der Waals surface area contributed by atoms with Gasteiger partial charge in [-0.05, 0) is 17.7 Å². The van der Waals surface area contributed by atoms with E-state index in [0.717, 1.165) is 0 Å². The van der Waals surface area contributed by atoms with E-state index in [1.807, 2.05) is 6.07 Å². The Morgan fingerprint density at radius 1 is 1.58 bits per heavy atom. The topological polar surface area (TPSA) is 49.8 Å². The second-order valence-corrected chi connectivity index (χ2v) is 2.50. The molecular weight excluding hydrogens is 155 g/mol. The van der Waals surface area contributed by atoms with E-state index in [2.05, 4.69) is 0 Å². The molecule has 12 heavy (non-hydrogen) atoms. The summed E-state index contributed by atoms with van der Waals surface area (Å²) in [4.78, 5) is 0. The predicted molar refractivity (Wildman–Crippen MR) is 44.1 cm³/mol. The fraction of sp³-hybridized carbons (Fsp3) is 0.222. The van der Waals surface area contributed by atoms with Crippen LogP contribution < -0.4 is 5.73 Å². The molecule has 0 heterocycles. The Balaban J connectivity index is 2.95. The van der Waals surface area contributed by atoms with E-state index in [9.17, 15) is 4.39 Å². The number of nitriles is 1. The van der Waals surface area contributed by atoms with Gasteiger partial charge in [0.05, 0.1) is 17.7 Å². The lowest BCUT2D eigenvalue weighted by atomic mass is 10.1. The van der Waals surface area contributed by atoms with E-state index in [1.165, 1.54) is 0 Å². The van der Waals surface area contributed by atoms with Crippen LogP contribution in [0.1, 0.15) is 17.2 Å². The number of halogens is 1. The number of alkyl halides is 1. The maximum atomic E-state index is 12.1. The maximum Gasteiger partial charge on any atom is 0.109 e. The van der Waals surface area contributed by atoms with Crippen LogP contribution in [-0.4, -0.2) is 6.67 Å². The van der Waals surface area contributed by atoms with Crippen LogP contribution in [0.3, 0.4) is 0 Å². The van der Waals surface area contributed by atoms with Gasteiger partial charge in [-0.2, -0.15) is 5.26 Å². The molecule has 0 radical (unpaired) electrons. The van der Waals surface area contributed by atoms with Crippen molar-refractivity contribution in [2.75, 3.05) is 6.67 Å². The number of nitrogens with two attached hydrogens (primary N) is 1. The second-order valence-electron chi connectivity index (χ2n) is 2.50. The summed E-state index contributed by atoms with van der Waals surface area (Å²) in [5, 5.41) is 8.53. The van der Waals surface area contributed by atoms with Gasteiger partial charge in [0.15, 0.2) is 0 Å². The molecule has 0 amide bonds. The third-order valence-electron chi connectivity index (χ3n) is 1.61. The third-order valence-corrected chi connectivity index (χ3v) is 1.61. The summed E-state index contributed by atoms with van der Waals surface area (Å²) in [6, 6.07) is 8.03. The van der Waals surface area contributed by atoms with Gasteiger partial charge in [-0.25, -0.2) is 4.39 Å². The van der Waals surface area contributed by atoms with E-state index in [0.29, 0.717) is 11.1 Å². The summed E-state index contributed by atoms with van der Waals surface area (Å²) >= 11 is 0. The molecule has 1 aromatic carbocycles. The highest BCUT2D eigenvalue weighted by atomic mass is 19.1. The molecule has 62 valence electrons. The van der Waals surface area contributed by atoms with Crippen molar-refractivity contribution in [3.8, 4) is 6.07 Å². The van der Waals surface area contributed by atoms with E-state index in [-0.39, 0.29) is 0 Å². The molecule has 2 nitrogen and oxygen atoms in total. The van der Waals surface area contributed by atoms with E-state index >= 15 is 0 Å². The molecule has 1 rings (SSSR count). The van der Waals surface area contributed by atoms with E-state index in [4.69, 9.17) is 11.0 Å². The van der Waals surface area contributed by atoms with E-state index in [1.54, 1.807) is 24.3 Å². The largest absolute Gasteiger partial charge is 0.322 e. The first-order valence-corrected chi connectivity index (χ1v) is 3.59. The zero-order chi connectivity index (χ0) is 8.97. The van der Waals surface area contributed by atoms with Crippen molar-refractivity contribution in [2.24, 2.45) is 5.73 Å². The average Bonchev–Trinajstić information content (AvgIpc) is 2.17. The van der Waals surface area contributed by atoms with Crippen LogP contribution in [0.15, 0.2) is 24.3 Å². The minimum Gasteiger partial charge on any atom is -0.322 e. The molecule has 0 spiro atoms. The Labute approximate surface area is 70.4 Å². The molecule has 0 unspecified atom stereocenters. The zero-order valence-electron chi connectivity index (χ0n) is 6.50. The number of hydrogen-bond donors (Lipinski definition) is 1. The summed E-state index contributed by atoms with van der Waals surface area (Å²) in [5.41, 5.74) is 6.61. The molecule has 0 aliphatic carbocycles. The van der Waals surface area contributed by atoms with Crippen LogP contribution in [-0.2, 0) is 0 Å². The standard InChI is InChI=1S/C9H9FN2/c10-5-9(12)8-3-1-2-7(4-8)6-11/h1-4,9H,5,12H2/t9-/m0/s1. The molecule has 2 N–H and O–H groups in total.